The van der Waals surface area contributed by atoms with Crippen LogP contribution in [-0.2, 0) is 17.7 Å². The molecule has 0 spiro atoms. The van der Waals surface area contributed by atoms with Crippen LogP contribution in [0.3, 0.4) is 0 Å². The third kappa shape index (κ3) is 6.07. The molecule has 0 amide bonds. The Hall–Kier alpha value is -2.05. The number of rotatable bonds is 2. The second-order valence-corrected chi connectivity index (χ2v) is 6.41. The maximum Gasteiger partial charge on any atom is 0.232 e. The molecule has 134 valence electrons. The highest BCUT2D eigenvalue weighted by atomic mass is 16.5. The van der Waals surface area contributed by atoms with Gasteiger partial charge in [-0.3, -0.25) is 14.9 Å². The van der Waals surface area contributed by atoms with Gasteiger partial charge in [-0.2, -0.15) is 0 Å². The zero-order valence-electron chi connectivity index (χ0n) is 14.9. The highest BCUT2D eigenvalue weighted by Gasteiger charge is 2.08. The molecule has 0 aliphatic carbocycles. The third-order valence-corrected chi connectivity index (χ3v) is 4.19. The van der Waals surface area contributed by atoms with Crippen LogP contribution in [0.25, 0.3) is 0 Å². The van der Waals surface area contributed by atoms with Crippen LogP contribution in [0.2, 0.25) is 0 Å². The molecule has 1 aliphatic rings. The Bertz CT molecular complexity index is 665. The standard InChI is InChI=1S/C19H26N4O2/c1-16-10-17(12-20-11-16)15-23-5-3-2-4-18-13-21-14-19(22-18)25-9-8-24-7-6-23/h10-14H,2-9,15H2,1H3. The molecule has 1 aliphatic heterocycles. The third-order valence-electron chi connectivity index (χ3n) is 4.19. The average molecular weight is 342 g/mol. The Balaban J connectivity index is 1.59. The SMILES string of the molecule is Cc1cncc(CN2CCCCc3cncc(n3)OCCOCC2)c1. The zero-order valence-corrected chi connectivity index (χ0v) is 14.9. The maximum absolute atomic E-state index is 5.71. The molecule has 0 fully saturated rings. The van der Waals surface area contributed by atoms with E-state index in [-0.39, 0.29) is 0 Å². The van der Waals surface area contributed by atoms with Crippen molar-refractivity contribution in [1.29, 1.82) is 0 Å². The van der Waals surface area contributed by atoms with Crippen molar-refractivity contribution < 1.29 is 9.47 Å². The van der Waals surface area contributed by atoms with Crippen LogP contribution in [0.1, 0.15) is 29.7 Å². The topological polar surface area (TPSA) is 60.4 Å². The summed E-state index contributed by atoms with van der Waals surface area (Å²) in [5.74, 6) is 0.590. The number of hydrogen-bond acceptors (Lipinski definition) is 6. The van der Waals surface area contributed by atoms with E-state index >= 15 is 0 Å². The summed E-state index contributed by atoms with van der Waals surface area (Å²) in [4.78, 5) is 15.4. The lowest BCUT2D eigenvalue weighted by Gasteiger charge is -2.22. The lowest BCUT2D eigenvalue weighted by atomic mass is 10.1. The molecule has 2 aromatic rings. The van der Waals surface area contributed by atoms with E-state index in [0.717, 1.165) is 44.6 Å². The highest BCUT2D eigenvalue weighted by Crippen LogP contribution is 2.11. The van der Waals surface area contributed by atoms with E-state index in [1.807, 2.05) is 18.6 Å². The minimum absolute atomic E-state index is 0.500. The largest absolute Gasteiger partial charge is 0.474 e. The summed E-state index contributed by atoms with van der Waals surface area (Å²) in [6.07, 6.45) is 10.5. The lowest BCUT2D eigenvalue weighted by molar-refractivity contribution is 0.0758. The van der Waals surface area contributed by atoms with Crippen molar-refractivity contribution >= 4 is 0 Å². The van der Waals surface area contributed by atoms with Crippen LogP contribution in [0.5, 0.6) is 5.88 Å². The summed E-state index contributed by atoms with van der Waals surface area (Å²) < 4.78 is 11.3. The molecule has 0 saturated carbocycles. The number of nitrogens with zero attached hydrogens (tertiary/aromatic N) is 4. The fourth-order valence-corrected chi connectivity index (χ4v) is 2.95. The molecule has 0 atom stereocenters. The van der Waals surface area contributed by atoms with Crippen LogP contribution in [0.15, 0.2) is 30.9 Å². The molecule has 3 rings (SSSR count). The summed E-state index contributed by atoms with van der Waals surface area (Å²) >= 11 is 0. The Morgan fingerprint density at radius 3 is 2.84 bits per heavy atom. The van der Waals surface area contributed by atoms with E-state index in [1.165, 1.54) is 11.1 Å². The van der Waals surface area contributed by atoms with Gasteiger partial charge in [0.25, 0.3) is 0 Å². The number of fused-ring (bicyclic) bond motifs is 2. The number of pyridine rings is 1. The van der Waals surface area contributed by atoms with Gasteiger partial charge in [0.15, 0.2) is 0 Å². The van der Waals surface area contributed by atoms with Crippen LogP contribution < -0.4 is 4.74 Å². The smallest absolute Gasteiger partial charge is 0.232 e. The molecule has 2 aromatic heterocycles. The van der Waals surface area contributed by atoms with E-state index in [0.29, 0.717) is 25.7 Å². The minimum atomic E-state index is 0.500. The lowest BCUT2D eigenvalue weighted by Crippen LogP contribution is -2.29. The number of hydrogen-bond donors (Lipinski definition) is 0. The first-order valence-electron chi connectivity index (χ1n) is 8.94. The summed E-state index contributed by atoms with van der Waals surface area (Å²) in [6.45, 7) is 6.71. The van der Waals surface area contributed by atoms with Crippen molar-refractivity contribution in [2.45, 2.75) is 32.7 Å². The molecule has 0 aromatic carbocycles. The van der Waals surface area contributed by atoms with Crippen molar-refractivity contribution in [2.75, 3.05) is 32.9 Å². The summed E-state index contributed by atoms with van der Waals surface area (Å²) in [5.41, 5.74) is 3.44. The first-order valence-corrected chi connectivity index (χ1v) is 8.94. The molecular weight excluding hydrogens is 316 g/mol. The minimum Gasteiger partial charge on any atom is -0.474 e. The molecule has 0 radical (unpaired) electrons. The number of aryl methyl sites for hydroxylation is 2. The van der Waals surface area contributed by atoms with Gasteiger partial charge in [-0.05, 0) is 43.9 Å². The average Bonchev–Trinajstić information content (AvgIpc) is 2.61. The Morgan fingerprint density at radius 1 is 1.00 bits per heavy atom. The number of ether oxygens (including phenoxy) is 2. The number of aromatic nitrogens is 3. The van der Waals surface area contributed by atoms with Crippen molar-refractivity contribution in [1.82, 2.24) is 19.9 Å². The van der Waals surface area contributed by atoms with Gasteiger partial charge in [-0.15, -0.1) is 0 Å². The molecule has 0 saturated heterocycles. The molecule has 25 heavy (non-hydrogen) atoms. The predicted octanol–water partition coefficient (Wildman–Crippen LogP) is 2.41. The van der Waals surface area contributed by atoms with Crippen molar-refractivity contribution in [2.24, 2.45) is 0 Å². The van der Waals surface area contributed by atoms with E-state index in [4.69, 9.17) is 9.47 Å². The van der Waals surface area contributed by atoms with Gasteiger partial charge in [0, 0.05) is 31.7 Å². The monoisotopic (exact) mass is 342 g/mol. The normalized spacial score (nSPS) is 17.5. The van der Waals surface area contributed by atoms with Crippen molar-refractivity contribution in [3.63, 3.8) is 0 Å². The fourth-order valence-electron chi connectivity index (χ4n) is 2.95. The van der Waals surface area contributed by atoms with Gasteiger partial charge >= 0.3 is 0 Å². The van der Waals surface area contributed by atoms with Gasteiger partial charge in [0.2, 0.25) is 5.88 Å². The molecule has 6 heteroatoms. The molecule has 3 heterocycles. The van der Waals surface area contributed by atoms with Crippen LogP contribution in [-0.4, -0.2) is 52.8 Å². The first kappa shape index (κ1) is 17.8. The van der Waals surface area contributed by atoms with Crippen LogP contribution in [0, 0.1) is 6.92 Å². The van der Waals surface area contributed by atoms with Crippen LogP contribution in [0.4, 0.5) is 0 Å². The summed E-state index contributed by atoms with van der Waals surface area (Å²) in [5, 5.41) is 0. The van der Waals surface area contributed by atoms with Crippen molar-refractivity contribution in [3.8, 4) is 5.88 Å². The Labute approximate surface area is 149 Å². The molecule has 2 bridgehead atoms. The molecular formula is C19H26N4O2. The van der Waals surface area contributed by atoms with Crippen LogP contribution >= 0.6 is 0 Å². The second-order valence-electron chi connectivity index (χ2n) is 6.41. The Kier molecular flexibility index (Phi) is 6.71. The molecule has 6 nitrogen and oxygen atoms in total. The summed E-state index contributed by atoms with van der Waals surface area (Å²) in [7, 11) is 0. The summed E-state index contributed by atoms with van der Waals surface area (Å²) in [6, 6.07) is 2.20. The fraction of sp³-hybridized carbons (Fsp3) is 0.526. The Morgan fingerprint density at radius 2 is 1.92 bits per heavy atom. The second kappa shape index (κ2) is 9.44. The van der Waals surface area contributed by atoms with Gasteiger partial charge in [0.1, 0.15) is 6.61 Å². The highest BCUT2D eigenvalue weighted by molar-refractivity contribution is 5.16. The van der Waals surface area contributed by atoms with E-state index in [1.54, 1.807) is 6.20 Å². The van der Waals surface area contributed by atoms with Gasteiger partial charge in [-0.25, -0.2) is 4.98 Å². The molecule has 0 unspecified atom stereocenters. The van der Waals surface area contributed by atoms with E-state index in [2.05, 4.69) is 32.8 Å². The van der Waals surface area contributed by atoms with Gasteiger partial charge in [-0.1, -0.05) is 6.07 Å². The first-order chi connectivity index (χ1) is 12.3. The molecule has 0 N–H and O–H groups in total. The van der Waals surface area contributed by atoms with E-state index in [9.17, 15) is 0 Å². The van der Waals surface area contributed by atoms with Gasteiger partial charge < -0.3 is 9.47 Å². The van der Waals surface area contributed by atoms with Gasteiger partial charge in [0.05, 0.1) is 25.1 Å². The quantitative estimate of drug-likeness (QED) is 0.835. The van der Waals surface area contributed by atoms with Crippen molar-refractivity contribution in [3.05, 3.63) is 47.7 Å². The van der Waals surface area contributed by atoms with E-state index < -0.39 is 0 Å². The maximum atomic E-state index is 5.71. The zero-order chi connectivity index (χ0) is 17.3. The predicted molar refractivity (Wildman–Crippen MR) is 95.5 cm³/mol.